The molecule has 1 heterocycles. The van der Waals surface area contributed by atoms with E-state index in [-0.39, 0.29) is 0 Å². The number of aliphatic hydroxyl groups excluding tert-OH is 4. The zero-order valence-electron chi connectivity index (χ0n) is 19.1. The first-order valence-electron chi connectivity index (χ1n) is 11.0. The molecular weight excluding hydrogens is 410 g/mol. The molecule has 8 heteroatoms. The first-order chi connectivity index (χ1) is 15.1. The van der Waals surface area contributed by atoms with E-state index in [9.17, 15) is 20.4 Å². The fraction of sp³-hybridized carbons (Fsp3) is 0.500. The van der Waals surface area contributed by atoms with Crippen LogP contribution >= 0.6 is 0 Å². The predicted octanol–water partition coefficient (Wildman–Crippen LogP) is 1.03. The standard InChI is InChI=1S/C24H34N3O5/c1-15(28)11-26(12-16(2)29)19-5-7-21-23(9-19)32-24-10-20(6-8-22(24)25-21)27(13-17(3)30)14-18(4)31/h5-10,15-18,28-31H,11-14H2,1-4H3/q+1. The largest absolute Gasteiger partial charge is 0.452 e. The maximum atomic E-state index is 9.86. The van der Waals surface area contributed by atoms with Gasteiger partial charge in [-0.15, -0.1) is 0 Å². The van der Waals surface area contributed by atoms with Gasteiger partial charge in [-0.05, 0) is 45.9 Å². The molecule has 4 atom stereocenters. The van der Waals surface area contributed by atoms with E-state index in [4.69, 9.17) is 9.40 Å². The van der Waals surface area contributed by atoms with Crippen LogP contribution in [0.4, 0.5) is 5.69 Å². The summed E-state index contributed by atoms with van der Waals surface area (Å²) < 4.78 is 8.10. The molecule has 1 aliphatic carbocycles. The van der Waals surface area contributed by atoms with Crippen molar-refractivity contribution in [2.45, 2.75) is 52.1 Å². The fourth-order valence-electron chi connectivity index (χ4n) is 3.84. The normalized spacial score (nSPS) is 15.5. The lowest BCUT2D eigenvalue weighted by Gasteiger charge is -2.27. The Morgan fingerprint density at radius 2 is 1.47 bits per heavy atom. The first kappa shape index (κ1) is 24.1. The van der Waals surface area contributed by atoms with Crippen LogP contribution in [-0.4, -0.2) is 76.0 Å². The van der Waals surface area contributed by atoms with Gasteiger partial charge in [-0.2, -0.15) is 0 Å². The van der Waals surface area contributed by atoms with Crippen molar-refractivity contribution >= 4 is 16.8 Å². The van der Waals surface area contributed by atoms with Crippen molar-refractivity contribution in [3.05, 3.63) is 41.8 Å². The molecule has 0 saturated heterocycles. The number of rotatable bonds is 9. The Labute approximate surface area is 188 Å². The van der Waals surface area contributed by atoms with Crippen molar-refractivity contribution in [2.24, 2.45) is 0 Å². The summed E-state index contributed by atoms with van der Waals surface area (Å²) in [6.07, 6.45) is -2.19. The molecule has 0 spiro atoms. The number of nitrogens with zero attached hydrogens (tertiary/aromatic N) is 3. The van der Waals surface area contributed by atoms with Crippen LogP contribution in [0.25, 0.3) is 22.6 Å². The minimum atomic E-state index is -0.549. The molecule has 0 aromatic heterocycles. The molecule has 0 bridgehead atoms. The van der Waals surface area contributed by atoms with Gasteiger partial charge in [-0.1, -0.05) is 0 Å². The SMILES string of the molecule is CC(O)CN(CC(C)O)c1ccc2nc3ccc(=[N+](CC(C)O)CC(C)O)cc-3oc2c1. The second-order valence-electron chi connectivity index (χ2n) is 8.72. The summed E-state index contributed by atoms with van der Waals surface area (Å²) in [5.41, 5.74) is 2.82. The van der Waals surface area contributed by atoms with E-state index in [0.29, 0.717) is 48.7 Å². The molecule has 32 heavy (non-hydrogen) atoms. The van der Waals surface area contributed by atoms with Gasteiger partial charge in [0.2, 0.25) is 5.36 Å². The molecule has 0 saturated carbocycles. The van der Waals surface area contributed by atoms with E-state index in [1.807, 2.05) is 45.9 Å². The highest BCUT2D eigenvalue weighted by Gasteiger charge is 2.18. The summed E-state index contributed by atoms with van der Waals surface area (Å²) in [4.78, 5) is 6.61. The van der Waals surface area contributed by atoms with Crippen molar-refractivity contribution in [2.75, 3.05) is 31.1 Å². The fourth-order valence-corrected chi connectivity index (χ4v) is 3.84. The Hall–Kier alpha value is -2.52. The van der Waals surface area contributed by atoms with Gasteiger partial charge in [-0.25, -0.2) is 9.56 Å². The van der Waals surface area contributed by atoms with Gasteiger partial charge in [0.1, 0.15) is 23.4 Å². The van der Waals surface area contributed by atoms with Gasteiger partial charge in [0, 0.05) is 30.9 Å². The van der Waals surface area contributed by atoms with Crippen LogP contribution in [0, 0.1) is 0 Å². The number of aromatic nitrogens is 1. The minimum Gasteiger partial charge on any atom is -0.452 e. The number of anilines is 1. The Morgan fingerprint density at radius 3 is 2.03 bits per heavy atom. The first-order valence-corrected chi connectivity index (χ1v) is 11.0. The number of aliphatic hydroxyl groups is 4. The summed E-state index contributed by atoms with van der Waals surface area (Å²) >= 11 is 0. The third kappa shape index (κ3) is 6.26. The quantitative estimate of drug-likeness (QED) is 0.288. The summed E-state index contributed by atoms with van der Waals surface area (Å²) in [6.45, 7) is 8.38. The van der Waals surface area contributed by atoms with Gasteiger partial charge in [0.15, 0.2) is 24.4 Å². The summed E-state index contributed by atoms with van der Waals surface area (Å²) in [7, 11) is 0. The van der Waals surface area contributed by atoms with Crippen LogP contribution in [-0.2, 0) is 0 Å². The Kier molecular flexibility index (Phi) is 7.84. The molecule has 2 aliphatic rings. The molecule has 0 fully saturated rings. The summed E-state index contributed by atoms with van der Waals surface area (Å²) in [5, 5.41) is 40.3. The lowest BCUT2D eigenvalue weighted by atomic mass is 10.2. The molecule has 8 nitrogen and oxygen atoms in total. The van der Waals surface area contributed by atoms with Crippen LogP contribution in [0.5, 0.6) is 0 Å². The van der Waals surface area contributed by atoms with Crippen LogP contribution < -0.4 is 14.8 Å². The maximum Gasteiger partial charge on any atom is 0.203 e. The van der Waals surface area contributed by atoms with E-state index in [2.05, 4.69) is 0 Å². The zero-order chi connectivity index (χ0) is 23.4. The Bertz CT molecular complexity index is 1050. The van der Waals surface area contributed by atoms with E-state index in [0.717, 1.165) is 11.0 Å². The average molecular weight is 445 g/mol. The number of benzene rings is 2. The zero-order valence-corrected chi connectivity index (χ0v) is 19.1. The van der Waals surface area contributed by atoms with Crippen molar-refractivity contribution in [1.82, 2.24) is 9.56 Å². The number of hydrogen-bond donors (Lipinski definition) is 4. The average Bonchev–Trinajstić information content (AvgIpc) is 2.69. The van der Waals surface area contributed by atoms with Crippen molar-refractivity contribution in [3.63, 3.8) is 0 Å². The van der Waals surface area contributed by atoms with Crippen molar-refractivity contribution < 1.29 is 24.8 Å². The third-order valence-corrected chi connectivity index (χ3v) is 5.02. The number of hydrogen-bond acceptors (Lipinski definition) is 7. The van der Waals surface area contributed by atoms with E-state index in [1.54, 1.807) is 27.7 Å². The van der Waals surface area contributed by atoms with Crippen molar-refractivity contribution in [1.29, 1.82) is 0 Å². The highest BCUT2D eigenvalue weighted by atomic mass is 16.3. The Morgan fingerprint density at radius 1 is 0.844 bits per heavy atom. The molecule has 0 radical (unpaired) electrons. The number of fused-ring (bicyclic) bond motifs is 2. The van der Waals surface area contributed by atoms with Gasteiger partial charge in [0.05, 0.1) is 18.3 Å². The molecule has 4 unspecified atom stereocenters. The molecule has 174 valence electrons. The molecule has 4 N–H and O–H groups in total. The monoisotopic (exact) mass is 444 g/mol. The van der Waals surface area contributed by atoms with Crippen molar-refractivity contribution in [3.8, 4) is 11.5 Å². The third-order valence-electron chi connectivity index (χ3n) is 5.02. The molecular formula is C24H34N3O5+. The second kappa shape index (κ2) is 10.4. The van der Waals surface area contributed by atoms with Gasteiger partial charge >= 0.3 is 0 Å². The molecule has 1 aliphatic heterocycles. The van der Waals surface area contributed by atoms with Crippen LogP contribution in [0.1, 0.15) is 27.7 Å². The Balaban J connectivity index is 2.10. The highest BCUT2D eigenvalue weighted by Crippen LogP contribution is 2.27. The van der Waals surface area contributed by atoms with Crippen LogP contribution in [0.3, 0.4) is 0 Å². The second-order valence-corrected chi connectivity index (χ2v) is 8.72. The topological polar surface area (TPSA) is 113 Å². The molecule has 1 aromatic carbocycles. The minimum absolute atomic E-state index is 0.384. The molecule has 1 aromatic rings. The van der Waals surface area contributed by atoms with Crippen LogP contribution in [0.2, 0.25) is 0 Å². The maximum absolute atomic E-state index is 9.86. The molecule has 0 amide bonds. The van der Waals surface area contributed by atoms with Gasteiger partial charge in [-0.3, -0.25) is 0 Å². The van der Waals surface area contributed by atoms with E-state index >= 15 is 0 Å². The lowest BCUT2D eigenvalue weighted by Crippen LogP contribution is -2.39. The highest BCUT2D eigenvalue weighted by molar-refractivity contribution is 5.80. The van der Waals surface area contributed by atoms with Gasteiger partial charge in [0.25, 0.3) is 0 Å². The predicted molar refractivity (Wildman–Crippen MR) is 125 cm³/mol. The van der Waals surface area contributed by atoms with Crippen LogP contribution in [0.15, 0.2) is 40.8 Å². The van der Waals surface area contributed by atoms with E-state index in [1.165, 1.54) is 0 Å². The summed E-state index contributed by atoms with van der Waals surface area (Å²) in [6, 6.07) is 11.3. The molecule has 3 rings (SSSR count). The van der Waals surface area contributed by atoms with E-state index < -0.39 is 24.4 Å². The summed E-state index contributed by atoms with van der Waals surface area (Å²) in [5.74, 6) is 0.589. The lowest BCUT2D eigenvalue weighted by molar-refractivity contribution is 0.151. The smallest absolute Gasteiger partial charge is 0.203 e. The van der Waals surface area contributed by atoms with Gasteiger partial charge < -0.3 is 29.7 Å².